The second kappa shape index (κ2) is 7.93. The molecule has 0 fully saturated rings. The van der Waals surface area contributed by atoms with E-state index in [4.69, 9.17) is 11.6 Å². The molecule has 27 heavy (non-hydrogen) atoms. The third-order valence-electron chi connectivity index (χ3n) is 3.43. The lowest BCUT2D eigenvalue weighted by molar-refractivity contribution is 0.594. The van der Waals surface area contributed by atoms with Crippen molar-refractivity contribution >= 4 is 47.9 Å². The van der Waals surface area contributed by atoms with E-state index in [1.807, 2.05) is 0 Å². The van der Waals surface area contributed by atoms with E-state index in [1.54, 1.807) is 42.5 Å². The monoisotopic (exact) mass is 443 g/mol. The van der Waals surface area contributed by atoms with Crippen LogP contribution in [-0.4, -0.2) is 27.0 Å². The SMILES string of the molecule is O=S(=O)(Cc1ccccc1Cl)Nc1nnc(CS(=O)(=O)c2ccccc2)s1. The predicted octanol–water partition coefficient (Wildman–Crippen LogP) is 3.11. The molecule has 3 aromatic rings. The van der Waals surface area contributed by atoms with Crippen molar-refractivity contribution in [3.8, 4) is 0 Å². The van der Waals surface area contributed by atoms with Gasteiger partial charge < -0.3 is 0 Å². The van der Waals surface area contributed by atoms with Gasteiger partial charge in [0.15, 0.2) is 9.84 Å². The van der Waals surface area contributed by atoms with Crippen LogP contribution in [0, 0.1) is 0 Å². The van der Waals surface area contributed by atoms with Crippen LogP contribution in [0.1, 0.15) is 10.6 Å². The second-order valence-electron chi connectivity index (χ2n) is 5.53. The third kappa shape index (κ3) is 5.25. The molecular formula is C16H14ClN3O4S3. The summed E-state index contributed by atoms with van der Waals surface area (Å²) in [6.45, 7) is 0. The van der Waals surface area contributed by atoms with Gasteiger partial charge >= 0.3 is 0 Å². The summed E-state index contributed by atoms with van der Waals surface area (Å²) in [7, 11) is -7.35. The zero-order valence-electron chi connectivity index (χ0n) is 13.7. The summed E-state index contributed by atoms with van der Waals surface area (Å²) in [5.74, 6) is -0.690. The highest BCUT2D eigenvalue weighted by Crippen LogP contribution is 2.24. The Morgan fingerprint density at radius 2 is 1.56 bits per heavy atom. The molecule has 0 aliphatic heterocycles. The van der Waals surface area contributed by atoms with Gasteiger partial charge in [-0.1, -0.05) is 59.3 Å². The lowest BCUT2D eigenvalue weighted by Gasteiger charge is -2.06. The van der Waals surface area contributed by atoms with Crippen molar-refractivity contribution in [3.05, 3.63) is 70.2 Å². The maximum absolute atomic E-state index is 12.4. The standard InChI is InChI=1S/C16H14ClN3O4S3/c17-14-9-5-4-6-12(14)10-27(23,24)20-16-19-18-15(25-16)11-26(21,22)13-7-2-1-3-8-13/h1-9H,10-11H2,(H,19,20). The van der Waals surface area contributed by atoms with Crippen LogP contribution in [0.4, 0.5) is 5.13 Å². The highest BCUT2D eigenvalue weighted by molar-refractivity contribution is 7.92. The number of rotatable bonds is 7. The van der Waals surface area contributed by atoms with E-state index in [0.29, 0.717) is 10.6 Å². The van der Waals surface area contributed by atoms with Gasteiger partial charge in [-0.05, 0) is 23.8 Å². The summed E-state index contributed by atoms with van der Waals surface area (Å²) in [5.41, 5.74) is 0.447. The zero-order valence-corrected chi connectivity index (χ0v) is 16.9. The van der Waals surface area contributed by atoms with Crippen molar-refractivity contribution < 1.29 is 16.8 Å². The smallest absolute Gasteiger partial charge is 0.238 e. The number of benzene rings is 2. The first kappa shape index (κ1) is 19.7. The molecule has 0 spiro atoms. The topological polar surface area (TPSA) is 106 Å². The van der Waals surface area contributed by atoms with Gasteiger partial charge in [-0.15, -0.1) is 10.2 Å². The molecule has 3 rings (SSSR count). The fourth-order valence-corrected chi connectivity index (χ4v) is 6.29. The minimum Gasteiger partial charge on any atom is -0.257 e. The van der Waals surface area contributed by atoms with Gasteiger partial charge in [-0.3, -0.25) is 4.72 Å². The van der Waals surface area contributed by atoms with E-state index >= 15 is 0 Å². The summed E-state index contributed by atoms with van der Waals surface area (Å²) >= 11 is 6.86. The van der Waals surface area contributed by atoms with Crippen LogP contribution in [0.2, 0.25) is 5.02 Å². The quantitative estimate of drug-likeness (QED) is 0.601. The van der Waals surface area contributed by atoms with Gasteiger partial charge in [0.25, 0.3) is 0 Å². The first-order chi connectivity index (χ1) is 12.8. The lowest BCUT2D eigenvalue weighted by Crippen LogP contribution is -2.15. The maximum atomic E-state index is 12.4. The molecule has 0 unspecified atom stereocenters. The lowest BCUT2D eigenvalue weighted by atomic mass is 10.2. The number of aromatic nitrogens is 2. The molecule has 142 valence electrons. The summed E-state index contributed by atoms with van der Waals surface area (Å²) in [6.07, 6.45) is 0. The normalized spacial score (nSPS) is 12.0. The molecule has 0 saturated heterocycles. The number of hydrogen-bond donors (Lipinski definition) is 1. The Balaban J connectivity index is 1.72. The first-order valence-corrected chi connectivity index (χ1v) is 12.1. The fraction of sp³-hybridized carbons (Fsp3) is 0.125. The van der Waals surface area contributed by atoms with Gasteiger partial charge in [0.2, 0.25) is 15.2 Å². The van der Waals surface area contributed by atoms with E-state index in [2.05, 4.69) is 14.9 Å². The number of nitrogens with one attached hydrogen (secondary N) is 1. The Kier molecular flexibility index (Phi) is 5.80. The fourth-order valence-electron chi connectivity index (χ4n) is 2.22. The van der Waals surface area contributed by atoms with Crippen LogP contribution >= 0.6 is 22.9 Å². The summed E-state index contributed by atoms with van der Waals surface area (Å²) in [5, 5.41) is 8.03. The zero-order chi connectivity index (χ0) is 19.5. The van der Waals surface area contributed by atoms with Gasteiger partial charge in [0.05, 0.1) is 10.6 Å². The molecule has 2 aromatic carbocycles. The molecule has 7 nitrogen and oxygen atoms in total. The Morgan fingerprint density at radius 1 is 0.889 bits per heavy atom. The maximum Gasteiger partial charge on any atom is 0.238 e. The summed E-state index contributed by atoms with van der Waals surface area (Å²) in [4.78, 5) is 0.168. The number of anilines is 1. The van der Waals surface area contributed by atoms with Crippen LogP contribution in [0.15, 0.2) is 59.5 Å². The molecule has 1 N–H and O–H groups in total. The number of sulfonamides is 1. The molecule has 0 amide bonds. The summed E-state index contributed by atoms with van der Waals surface area (Å²) < 4.78 is 51.6. The van der Waals surface area contributed by atoms with Crippen molar-refractivity contribution in [2.24, 2.45) is 0 Å². The van der Waals surface area contributed by atoms with E-state index in [0.717, 1.165) is 11.3 Å². The molecule has 11 heteroatoms. The van der Waals surface area contributed by atoms with Crippen molar-refractivity contribution in [2.75, 3.05) is 4.72 Å². The largest absolute Gasteiger partial charge is 0.257 e. The molecule has 1 aromatic heterocycles. The molecule has 0 atom stereocenters. The number of sulfone groups is 1. The average molecular weight is 444 g/mol. The van der Waals surface area contributed by atoms with E-state index in [1.165, 1.54) is 12.1 Å². The molecule has 0 bridgehead atoms. The average Bonchev–Trinajstić information content (AvgIpc) is 3.03. The Bertz CT molecular complexity index is 1150. The Morgan fingerprint density at radius 3 is 2.26 bits per heavy atom. The highest BCUT2D eigenvalue weighted by atomic mass is 35.5. The van der Waals surface area contributed by atoms with Crippen molar-refractivity contribution in [3.63, 3.8) is 0 Å². The van der Waals surface area contributed by atoms with Crippen LogP contribution in [0.3, 0.4) is 0 Å². The van der Waals surface area contributed by atoms with Crippen molar-refractivity contribution in [1.29, 1.82) is 0 Å². The molecule has 0 aliphatic carbocycles. The number of halogens is 1. The van der Waals surface area contributed by atoms with E-state index in [9.17, 15) is 16.8 Å². The van der Waals surface area contributed by atoms with Gasteiger partial charge in [-0.25, -0.2) is 16.8 Å². The molecular weight excluding hydrogens is 430 g/mol. The van der Waals surface area contributed by atoms with Gasteiger partial charge in [0, 0.05) is 5.02 Å². The van der Waals surface area contributed by atoms with Crippen LogP contribution in [0.5, 0.6) is 0 Å². The molecule has 1 heterocycles. The minimum absolute atomic E-state index is 0.000292. The highest BCUT2D eigenvalue weighted by Gasteiger charge is 2.20. The van der Waals surface area contributed by atoms with Gasteiger partial charge in [-0.2, -0.15) is 0 Å². The second-order valence-corrected chi connectivity index (χ2v) is 10.7. The Labute approximate surface area is 166 Å². The van der Waals surface area contributed by atoms with Gasteiger partial charge in [0.1, 0.15) is 10.8 Å². The van der Waals surface area contributed by atoms with E-state index < -0.39 is 19.9 Å². The number of nitrogens with zero attached hydrogens (tertiary/aromatic N) is 2. The minimum atomic E-state index is -3.77. The molecule has 0 radical (unpaired) electrons. The van der Waals surface area contributed by atoms with Crippen LogP contribution in [-0.2, 0) is 31.4 Å². The molecule has 0 aliphatic rings. The van der Waals surface area contributed by atoms with E-state index in [-0.39, 0.29) is 26.5 Å². The number of hydrogen-bond acceptors (Lipinski definition) is 7. The van der Waals surface area contributed by atoms with Crippen LogP contribution in [0.25, 0.3) is 0 Å². The Hall–Kier alpha value is -2.01. The van der Waals surface area contributed by atoms with Crippen molar-refractivity contribution in [2.45, 2.75) is 16.4 Å². The summed E-state index contributed by atoms with van der Waals surface area (Å²) in [6, 6.07) is 14.6. The predicted molar refractivity (Wildman–Crippen MR) is 105 cm³/mol. The molecule has 0 saturated carbocycles. The van der Waals surface area contributed by atoms with Crippen LogP contribution < -0.4 is 4.72 Å². The third-order valence-corrected chi connectivity index (χ3v) is 7.79. The van der Waals surface area contributed by atoms with Crippen molar-refractivity contribution in [1.82, 2.24) is 10.2 Å². The first-order valence-electron chi connectivity index (χ1n) is 7.59.